The summed E-state index contributed by atoms with van der Waals surface area (Å²) < 4.78 is 4.92. The van der Waals surface area contributed by atoms with Crippen LogP contribution in [0.4, 0.5) is 0 Å². The molecule has 0 aromatic carbocycles. The van der Waals surface area contributed by atoms with E-state index in [2.05, 4.69) is 13.0 Å². The van der Waals surface area contributed by atoms with E-state index in [9.17, 15) is 0 Å². The van der Waals surface area contributed by atoms with Crippen LogP contribution in [0.1, 0.15) is 39.0 Å². The van der Waals surface area contributed by atoms with Gasteiger partial charge in [0.25, 0.3) is 0 Å². The molecule has 2 heteroatoms. The molecule has 0 saturated carbocycles. The molecule has 0 amide bonds. The molecule has 0 radical (unpaired) electrons. The van der Waals surface area contributed by atoms with Gasteiger partial charge in [0.2, 0.25) is 0 Å². The molecule has 0 spiro atoms. The normalized spacial score (nSPS) is 12.5. The number of unbranched alkanes of at least 4 members (excludes halogenated alkanes) is 3. The maximum atomic E-state index is 8.51. The Labute approximate surface area is 69.2 Å². The predicted molar refractivity (Wildman–Crippen MR) is 45.2 cm³/mol. The Morgan fingerprint density at radius 3 is 2.55 bits per heavy atom. The molecule has 0 aliphatic rings. The van der Waals surface area contributed by atoms with Gasteiger partial charge in [-0.15, -0.1) is 0 Å². The molecule has 0 aliphatic heterocycles. The first kappa shape index (κ1) is 10.4. The molecule has 0 aromatic heterocycles. The van der Waals surface area contributed by atoms with Crippen molar-refractivity contribution < 1.29 is 4.74 Å². The quantitative estimate of drug-likeness (QED) is 0.552. The number of hydrogen-bond acceptors (Lipinski definition) is 2. The number of rotatable bonds is 6. The molecule has 0 heterocycles. The van der Waals surface area contributed by atoms with Crippen molar-refractivity contribution in [3.8, 4) is 6.07 Å². The molecule has 0 fully saturated rings. The van der Waals surface area contributed by atoms with Gasteiger partial charge in [0.05, 0.1) is 6.07 Å². The minimum Gasteiger partial charge on any atom is -0.367 e. The van der Waals surface area contributed by atoms with E-state index in [0.29, 0.717) is 0 Å². The third-order valence-corrected chi connectivity index (χ3v) is 1.75. The van der Waals surface area contributed by atoms with Gasteiger partial charge in [0, 0.05) is 7.11 Å². The number of ether oxygens (including phenoxy) is 1. The van der Waals surface area contributed by atoms with Gasteiger partial charge in [-0.1, -0.05) is 26.2 Å². The Morgan fingerprint density at radius 2 is 2.09 bits per heavy atom. The van der Waals surface area contributed by atoms with Gasteiger partial charge in [-0.3, -0.25) is 0 Å². The summed E-state index contributed by atoms with van der Waals surface area (Å²) in [6.45, 7) is 2.18. The van der Waals surface area contributed by atoms with Crippen molar-refractivity contribution in [2.45, 2.75) is 45.1 Å². The van der Waals surface area contributed by atoms with Crippen LogP contribution in [0.2, 0.25) is 0 Å². The third kappa shape index (κ3) is 5.87. The van der Waals surface area contributed by atoms with Crippen molar-refractivity contribution in [3.05, 3.63) is 0 Å². The van der Waals surface area contributed by atoms with Gasteiger partial charge < -0.3 is 4.74 Å². The molecule has 0 aliphatic carbocycles. The number of methoxy groups -OCH3 is 1. The molecule has 0 bridgehead atoms. The lowest BCUT2D eigenvalue weighted by Crippen LogP contribution is -2.06. The summed E-state index contributed by atoms with van der Waals surface area (Å²) in [6.07, 6.45) is 5.53. The van der Waals surface area contributed by atoms with E-state index in [1.807, 2.05) is 0 Å². The monoisotopic (exact) mass is 155 g/mol. The molecule has 0 N–H and O–H groups in total. The summed E-state index contributed by atoms with van der Waals surface area (Å²) in [5.74, 6) is 0. The Morgan fingerprint density at radius 1 is 1.36 bits per heavy atom. The maximum Gasteiger partial charge on any atom is 0.143 e. The molecule has 0 unspecified atom stereocenters. The molecule has 11 heavy (non-hydrogen) atoms. The van der Waals surface area contributed by atoms with Gasteiger partial charge in [-0.25, -0.2) is 0 Å². The molecule has 1 atom stereocenters. The predicted octanol–water partition coefficient (Wildman–Crippen LogP) is 2.50. The standard InChI is InChI=1S/C9H17NO/c1-3-4-5-6-7-9(8-10)11-2/h9H,3-7H2,1-2H3/t9-/m0/s1. The second-order valence-corrected chi connectivity index (χ2v) is 2.70. The van der Waals surface area contributed by atoms with Crippen LogP contribution in [0.3, 0.4) is 0 Å². The molecular weight excluding hydrogens is 138 g/mol. The van der Waals surface area contributed by atoms with Crippen LogP contribution in [0.15, 0.2) is 0 Å². The fourth-order valence-corrected chi connectivity index (χ4v) is 0.992. The maximum absolute atomic E-state index is 8.51. The van der Waals surface area contributed by atoms with Crippen LogP contribution in [0.5, 0.6) is 0 Å². The molecule has 64 valence electrons. The summed E-state index contributed by atoms with van der Waals surface area (Å²) in [5.41, 5.74) is 0. The zero-order valence-electron chi connectivity index (χ0n) is 7.47. The first-order chi connectivity index (χ1) is 5.35. The lowest BCUT2D eigenvalue weighted by Gasteiger charge is -2.04. The van der Waals surface area contributed by atoms with E-state index < -0.39 is 0 Å². The average Bonchev–Trinajstić information content (AvgIpc) is 2.05. The van der Waals surface area contributed by atoms with Crippen LogP contribution in [-0.2, 0) is 4.74 Å². The smallest absolute Gasteiger partial charge is 0.143 e. The zero-order valence-corrected chi connectivity index (χ0v) is 7.47. The van der Waals surface area contributed by atoms with E-state index in [4.69, 9.17) is 10.00 Å². The van der Waals surface area contributed by atoms with E-state index in [-0.39, 0.29) is 6.10 Å². The molecule has 0 saturated heterocycles. The molecule has 2 nitrogen and oxygen atoms in total. The van der Waals surface area contributed by atoms with Gasteiger partial charge in [-0.2, -0.15) is 5.26 Å². The first-order valence-electron chi connectivity index (χ1n) is 4.27. The minimum atomic E-state index is -0.188. The Balaban J connectivity index is 3.16. The van der Waals surface area contributed by atoms with Crippen LogP contribution in [-0.4, -0.2) is 13.2 Å². The zero-order chi connectivity index (χ0) is 8.53. The van der Waals surface area contributed by atoms with Crippen molar-refractivity contribution >= 4 is 0 Å². The van der Waals surface area contributed by atoms with Crippen LogP contribution < -0.4 is 0 Å². The highest BCUT2D eigenvalue weighted by Gasteiger charge is 2.02. The summed E-state index contributed by atoms with van der Waals surface area (Å²) in [7, 11) is 1.59. The Hall–Kier alpha value is -0.550. The summed E-state index contributed by atoms with van der Waals surface area (Å²) in [5, 5.41) is 8.51. The molecule has 0 rings (SSSR count). The number of hydrogen-bond donors (Lipinski definition) is 0. The van der Waals surface area contributed by atoms with Gasteiger partial charge in [0.15, 0.2) is 0 Å². The van der Waals surface area contributed by atoms with Crippen LogP contribution in [0.25, 0.3) is 0 Å². The van der Waals surface area contributed by atoms with E-state index in [1.54, 1.807) is 7.11 Å². The minimum absolute atomic E-state index is 0.188. The van der Waals surface area contributed by atoms with Crippen LogP contribution in [0, 0.1) is 11.3 Å². The highest BCUT2D eigenvalue weighted by Crippen LogP contribution is 2.06. The van der Waals surface area contributed by atoms with Gasteiger partial charge >= 0.3 is 0 Å². The van der Waals surface area contributed by atoms with Crippen molar-refractivity contribution in [3.63, 3.8) is 0 Å². The van der Waals surface area contributed by atoms with Crippen LogP contribution >= 0.6 is 0 Å². The highest BCUT2D eigenvalue weighted by molar-refractivity contribution is 4.82. The van der Waals surface area contributed by atoms with E-state index >= 15 is 0 Å². The van der Waals surface area contributed by atoms with Crippen molar-refractivity contribution in [2.24, 2.45) is 0 Å². The van der Waals surface area contributed by atoms with E-state index in [1.165, 1.54) is 19.3 Å². The second-order valence-electron chi connectivity index (χ2n) is 2.70. The topological polar surface area (TPSA) is 33.0 Å². The van der Waals surface area contributed by atoms with Crippen molar-refractivity contribution in [2.75, 3.05) is 7.11 Å². The summed E-state index contributed by atoms with van der Waals surface area (Å²) >= 11 is 0. The largest absolute Gasteiger partial charge is 0.367 e. The molecular formula is C9H17NO. The summed E-state index contributed by atoms with van der Waals surface area (Å²) in [6, 6.07) is 2.11. The number of nitrogens with zero attached hydrogens (tertiary/aromatic N) is 1. The first-order valence-corrected chi connectivity index (χ1v) is 4.27. The Bertz CT molecular complexity index is 117. The Kier molecular flexibility index (Phi) is 7.18. The molecule has 0 aromatic rings. The second kappa shape index (κ2) is 7.56. The van der Waals surface area contributed by atoms with E-state index in [0.717, 1.165) is 12.8 Å². The average molecular weight is 155 g/mol. The number of nitriles is 1. The summed E-state index contributed by atoms with van der Waals surface area (Å²) in [4.78, 5) is 0. The highest BCUT2D eigenvalue weighted by atomic mass is 16.5. The fraction of sp³-hybridized carbons (Fsp3) is 0.889. The van der Waals surface area contributed by atoms with Crippen molar-refractivity contribution in [1.82, 2.24) is 0 Å². The van der Waals surface area contributed by atoms with Gasteiger partial charge in [0.1, 0.15) is 6.10 Å². The SMILES string of the molecule is CCCCCC[C@@H](C#N)OC. The lowest BCUT2D eigenvalue weighted by molar-refractivity contribution is 0.136. The lowest BCUT2D eigenvalue weighted by atomic mass is 10.1. The third-order valence-electron chi connectivity index (χ3n) is 1.75. The van der Waals surface area contributed by atoms with Crippen molar-refractivity contribution in [1.29, 1.82) is 5.26 Å². The van der Waals surface area contributed by atoms with Gasteiger partial charge in [-0.05, 0) is 12.8 Å². The fourth-order valence-electron chi connectivity index (χ4n) is 0.992.